The molecule has 4 nitrogen and oxygen atoms in total. The monoisotopic (exact) mass is 231 g/mol. The third-order valence-corrected chi connectivity index (χ3v) is 3.46. The molecule has 0 saturated carbocycles. The Balaban J connectivity index is 1.70. The second-order valence-electron chi connectivity index (χ2n) is 4.67. The number of anilines is 2. The number of rotatable bonds is 1. The maximum Gasteiger partial charge on any atom is 0.321 e. The van der Waals surface area contributed by atoms with Crippen LogP contribution in [0, 0.1) is 0 Å². The summed E-state index contributed by atoms with van der Waals surface area (Å²) in [6, 6.07) is 6.12. The molecule has 1 aromatic rings. The third-order valence-electron chi connectivity index (χ3n) is 3.46. The molecule has 0 atom stereocenters. The van der Waals surface area contributed by atoms with Gasteiger partial charge in [0.25, 0.3) is 0 Å². The SMILES string of the molecule is O=C(Nc1ccc2c(c1)CCN2)N1CCCC1. The van der Waals surface area contributed by atoms with Gasteiger partial charge in [0, 0.05) is 31.0 Å². The molecular formula is C13H17N3O. The van der Waals surface area contributed by atoms with Crippen molar-refractivity contribution in [2.75, 3.05) is 30.3 Å². The van der Waals surface area contributed by atoms with Gasteiger partial charge in [-0.15, -0.1) is 0 Å². The van der Waals surface area contributed by atoms with Gasteiger partial charge in [-0.25, -0.2) is 4.79 Å². The Hall–Kier alpha value is -1.71. The van der Waals surface area contributed by atoms with Crippen LogP contribution in [0.2, 0.25) is 0 Å². The molecule has 2 aliphatic heterocycles. The minimum atomic E-state index is 0.0356. The smallest absolute Gasteiger partial charge is 0.321 e. The number of carbonyl (C=O) groups is 1. The van der Waals surface area contributed by atoms with Crippen LogP contribution in [-0.2, 0) is 6.42 Å². The van der Waals surface area contributed by atoms with Crippen LogP contribution in [-0.4, -0.2) is 30.6 Å². The summed E-state index contributed by atoms with van der Waals surface area (Å²) in [7, 11) is 0. The van der Waals surface area contributed by atoms with Gasteiger partial charge in [-0.1, -0.05) is 0 Å². The van der Waals surface area contributed by atoms with Crippen LogP contribution in [0.1, 0.15) is 18.4 Å². The van der Waals surface area contributed by atoms with Crippen LogP contribution in [0.3, 0.4) is 0 Å². The Labute approximate surface area is 101 Å². The topological polar surface area (TPSA) is 44.4 Å². The molecule has 1 aromatic carbocycles. The van der Waals surface area contributed by atoms with Crippen LogP contribution in [0.25, 0.3) is 0 Å². The van der Waals surface area contributed by atoms with Crippen LogP contribution >= 0.6 is 0 Å². The lowest BCUT2D eigenvalue weighted by molar-refractivity contribution is 0.222. The van der Waals surface area contributed by atoms with Crippen molar-refractivity contribution in [1.82, 2.24) is 4.90 Å². The molecule has 2 N–H and O–H groups in total. The standard InChI is InChI=1S/C13H17N3O/c17-13(16-7-1-2-8-16)15-11-3-4-12-10(9-11)5-6-14-12/h3-4,9,14H,1-2,5-8H2,(H,15,17). The number of fused-ring (bicyclic) bond motifs is 1. The van der Waals surface area contributed by atoms with E-state index in [1.807, 2.05) is 17.0 Å². The number of urea groups is 1. The molecule has 2 heterocycles. The van der Waals surface area contributed by atoms with Gasteiger partial charge in [-0.05, 0) is 43.0 Å². The Bertz CT molecular complexity index is 438. The average molecular weight is 231 g/mol. The molecule has 0 bridgehead atoms. The highest BCUT2D eigenvalue weighted by Crippen LogP contribution is 2.25. The fraction of sp³-hybridized carbons (Fsp3) is 0.462. The van der Waals surface area contributed by atoms with Crippen LogP contribution in [0.15, 0.2) is 18.2 Å². The molecule has 1 fully saturated rings. The third kappa shape index (κ3) is 2.07. The molecule has 2 aliphatic rings. The summed E-state index contributed by atoms with van der Waals surface area (Å²) in [5, 5.41) is 6.29. The van der Waals surface area contributed by atoms with E-state index in [0.717, 1.165) is 44.6 Å². The van der Waals surface area contributed by atoms with E-state index >= 15 is 0 Å². The summed E-state index contributed by atoms with van der Waals surface area (Å²) in [5.74, 6) is 0. The van der Waals surface area contributed by atoms with E-state index in [-0.39, 0.29) is 6.03 Å². The van der Waals surface area contributed by atoms with Gasteiger partial charge in [-0.2, -0.15) is 0 Å². The first-order chi connectivity index (χ1) is 8.33. The fourth-order valence-corrected chi connectivity index (χ4v) is 2.51. The van der Waals surface area contributed by atoms with E-state index in [1.54, 1.807) is 0 Å². The lowest BCUT2D eigenvalue weighted by atomic mass is 10.1. The second-order valence-corrected chi connectivity index (χ2v) is 4.67. The van der Waals surface area contributed by atoms with E-state index in [4.69, 9.17) is 0 Å². The number of nitrogens with zero attached hydrogens (tertiary/aromatic N) is 1. The van der Waals surface area contributed by atoms with Crippen molar-refractivity contribution in [1.29, 1.82) is 0 Å². The molecule has 4 heteroatoms. The molecule has 0 spiro atoms. The van der Waals surface area contributed by atoms with E-state index < -0.39 is 0 Å². The zero-order valence-corrected chi connectivity index (χ0v) is 9.83. The molecule has 0 aliphatic carbocycles. The van der Waals surface area contributed by atoms with E-state index in [0.29, 0.717) is 0 Å². The summed E-state index contributed by atoms with van der Waals surface area (Å²) < 4.78 is 0. The molecule has 90 valence electrons. The number of likely N-dealkylation sites (tertiary alicyclic amines) is 1. The van der Waals surface area contributed by atoms with Crippen molar-refractivity contribution in [2.45, 2.75) is 19.3 Å². The van der Waals surface area contributed by atoms with Crippen LogP contribution in [0.4, 0.5) is 16.2 Å². The maximum absolute atomic E-state index is 11.9. The normalized spacial score (nSPS) is 17.8. The van der Waals surface area contributed by atoms with Gasteiger partial charge in [0.2, 0.25) is 0 Å². The molecule has 3 rings (SSSR count). The first-order valence-electron chi connectivity index (χ1n) is 6.26. The Morgan fingerprint density at radius 3 is 2.94 bits per heavy atom. The van der Waals surface area contributed by atoms with Crippen molar-refractivity contribution < 1.29 is 4.79 Å². The molecule has 17 heavy (non-hydrogen) atoms. The van der Waals surface area contributed by atoms with E-state index in [9.17, 15) is 4.79 Å². The van der Waals surface area contributed by atoms with Crippen molar-refractivity contribution >= 4 is 17.4 Å². The van der Waals surface area contributed by atoms with Crippen molar-refractivity contribution in [3.63, 3.8) is 0 Å². The Kier molecular flexibility index (Phi) is 2.63. The van der Waals surface area contributed by atoms with Gasteiger partial charge in [-0.3, -0.25) is 0 Å². The van der Waals surface area contributed by atoms with Crippen LogP contribution < -0.4 is 10.6 Å². The summed E-state index contributed by atoms with van der Waals surface area (Å²) >= 11 is 0. The Morgan fingerprint density at radius 1 is 1.29 bits per heavy atom. The zero-order valence-electron chi connectivity index (χ0n) is 9.83. The highest BCUT2D eigenvalue weighted by Gasteiger charge is 2.18. The van der Waals surface area contributed by atoms with Gasteiger partial charge >= 0.3 is 6.03 Å². The van der Waals surface area contributed by atoms with Gasteiger partial charge in [0.1, 0.15) is 0 Å². The first kappa shape index (κ1) is 10.4. The molecule has 2 amide bonds. The quantitative estimate of drug-likeness (QED) is 0.778. The largest absolute Gasteiger partial charge is 0.384 e. The van der Waals surface area contributed by atoms with Crippen molar-refractivity contribution in [2.24, 2.45) is 0 Å². The fourth-order valence-electron chi connectivity index (χ4n) is 2.51. The van der Waals surface area contributed by atoms with Gasteiger partial charge in [0.05, 0.1) is 0 Å². The molecule has 0 radical (unpaired) electrons. The summed E-state index contributed by atoms with van der Waals surface area (Å²) in [5.41, 5.74) is 3.40. The number of hydrogen-bond donors (Lipinski definition) is 2. The highest BCUT2D eigenvalue weighted by atomic mass is 16.2. The van der Waals surface area contributed by atoms with E-state index in [1.165, 1.54) is 11.3 Å². The minimum absolute atomic E-state index is 0.0356. The molecule has 0 aromatic heterocycles. The highest BCUT2D eigenvalue weighted by molar-refractivity contribution is 5.90. The summed E-state index contributed by atoms with van der Waals surface area (Å²) in [6.07, 6.45) is 3.30. The number of carbonyl (C=O) groups excluding carboxylic acids is 1. The predicted molar refractivity (Wildman–Crippen MR) is 68.5 cm³/mol. The van der Waals surface area contributed by atoms with E-state index in [2.05, 4.69) is 16.7 Å². The predicted octanol–water partition coefficient (Wildman–Crippen LogP) is 2.28. The maximum atomic E-state index is 11.9. The number of hydrogen-bond acceptors (Lipinski definition) is 2. The van der Waals surface area contributed by atoms with Crippen LogP contribution in [0.5, 0.6) is 0 Å². The number of amides is 2. The Morgan fingerprint density at radius 2 is 2.12 bits per heavy atom. The minimum Gasteiger partial charge on any atom is -0.384 e. The summed E-state index contributed by atoms with van der Waals surface area (Å²) in [6.45, 7) is 2.77. The zero-order chi connectivity index (χ0) is 11.7. The number of nitrogens with one attached hydrogen (secondary N) is 2. The van der Waals surface area contributed by atoms with Crippen molar-refractivity contribution in [3.05, 3.63) is 23.8 Å². The lowest BCUT2D eigenvalue weighted by Crippen LogP contribution is -2.32. The molecular weight excluding hydrogens is 214 g/mol. The second kappa shape index (κ2) is 4.28. The first-order valence-corrected chi connectivity index (χ1v) is 6.26. The summed E-state index contributed by atoms with van der Waals surface area (Å²) in [4.78, 5) is 13.8. The van der Waals surface area contributed by atoms with Crippen molar-refractivity contribution in [3.8, 4) is 0 Å². The van der Waals surface area contributed by atoms with Gasteiger partial charge in [0.15, 0.2) is 0 Å². The number of benzene rings is 1. The average Bonchev–Trinajstić information content (AvgIpc) is 2.99. The molecule has 0 unspecified atom stereocenters. The lowest BCUT2D eigenvalue weighted by Gasteiger charge is -2.16. The van der Waals surface area contributed by atoms with Gasteiger partial charge < -0.3 is 15.5 Å². The molecule has 1 saturated heterocycles.